The van der Waals surface area contributed by atoms with Crippen molar-refractivity contribution in [1.29, 1.82) is 0 Å². The molecule has 32 heavy (non-hydrogen) atoms. The van der Waals surface area contributed by atoms with Crippen molar-refractivity contribution in [2.75, 3.05) is 0 Å². The Hall–Kier alpha value is -3.78. The second kappa shape index (κ2) is 8.76. The molecule has 0 spiro atoms. The van der Waals surface area contributed by atoms with Crippen LogP contribution in [0, 0.1) is 5.82 Å². The zero-order valence-corrected chi connectivity index (χ0v) is 17.7. The summed E-state index contributed by atoms with van der Waals surface area (Å²) in [6, 6.07) is 23.6. The molecule has 3 aromatic carbocycles. The summed E-state index contributed by atoms with van der Waals surface area (Å²) in [4.78, 5) is 19.7. The molecule has 0 unspecified atom stereocenters. The van der Waals surface area contributed by atoms with Gasteiger partial charge in [-0.05, 0) is 29.8 Å². The number of fused-ring (bicyclic) bond motifs is 1. The van der Waals surface area contributed by atoms with Gasteiger partial charge in [-0.1, -0.05) is 66.4 Å². The smallest absolute Gasteiger partial charge is 0.258 e. The van der Waals surface area contributed by atoms with Gasteiger partial charge in [-0.3, -0.25) is 9.36 Å². The van der Waals surface area contributed by atoms with Crippen molar-refractivity contribution in [3.63, 3.8) is 0 Å². The minimum atomic E-state index is -0.355. The number of hydrogen-bond acceptors (Lipinski definition) is 5. The summed E-state index contributed by atoms with van der Waals surface area (Å²) in [7, 11) is 0. The highest BCUT2D eigenvalue weighted by Gasteiger charge is 2.18. The lowest BCUT2D eigenvalue weighted by Crippen LogP contribution is -2.11. The average Bonchev–Trinajstić information content (AvgIpc) is 3.21. The summed E-state index contributed by atoms with van der Waals surface area (Å²) >= 11 is 1.39. The first-order chi connectivity index (χ1) is 15.7. The molecule has 158 valence electrons. The number of thioether (sulfide) groups is 1. The average molecular weight is 444 g/mol. The number of nitrogens with zero attached hydrogens (tertiary/aromatic N) is 4. The van der Waals surface area contributed by atoms with Crippen molar-refractivity contribution < 1.29 is 4.39 Å². The molecule has 0 bridgehead atoms. The molecule has 1 N–H and O–H groups in total. The Bertz CT molecular complexity index is 1450. The van der Waals surface area contributed by atoms with Gasteiger partial charge in [0, 0.05) is 0 Å². The van der Waals surface area contributed by atoms with E-state index in [9.17, 15) is 9.18 Å². The Labute approximate surface area is 187 Å². The van der Waals surface area contributed by atoms with E-state index in [4.69, 9.17) is 0 Å². The third kappa shape index (κ3) is 4.04. The van der Waals surface area contributed by atoms with Crippen LogP contribution in [-0.4, -0.2) is 24.7 Å². The van der Waals surface area contributed by atoms with Crippen LogP contribution in [0.15, 0.2) is 88.8 Å². The predicted octanol–water partition coefficient (Wildman–Crippen LogP) is 4.66. The van der Waals surface area contributed by atoms with Crippen LogP contribution in [0.4, 0.5) is 4.39 Å². The van der Waals surface area contributed by atoms with Crippen molar-refractivity contribution in [1.82, 2.24) is 24.7 Å². The molecule has 0 aliphatic rings. The van der Waals surface area contributed by atoms with Gasteiger partial charge in [0.2, 0.25) is 0 Å². The number of H-pyrrole nitrogens is 1. The van der Waals surface area contributed by atoms with E-state index in [1.54, 1.807) is 24.3 Å². The lowest BCUT2D eigenvalue weighted by molar-refractivity contribution is 0.626. The van der Waals surface area contributed by atoms with Crippen molar-refractivity contribution >= 4 is 22.7 Å². The second-order valence-electron chi connectivity index (χ2n) is 7.18. The zero-order chi connectivity index (χ0) is 21.9. The first-order valence-electron chi connectivity index (χ1n) is 10.0. The predicted molar refractivity (Wildman–Crippen MR) is 123 cm³/mol. The van der Waals surface area contributed by atoms with Gasteiger partial charge in [0.25, 0.3) is 5.56 Å². The molecule has 0 saturated carbocycles. The van der Waals surface area contributed by atoms with E-state index in [1.807, 2.05) is 53.1 Å². The molecule has 0 aliphatic carbocycles. The molecular weight excluding hydrogens is 425 g/mol. The largest absolute Gasteiger partial charge is 0.309 e. The third-order valence-electron chi connectivity index (χ3n) is 5.02. The Morgan fingerprint density at radius 2 is 1.66 bits per heavy atom. The molecule has 0 saturated heterocycles. The van der Waals surface area contributed by atoms with Crippen LogP contribution in [0.3, 0.4) is 0 Å². The van der Waals surface area contributed by atoms with Crippen molar-refractivity contribution in [3.8, 4) is 11.4 Å². The molecule has 2 heterocycles. The Balaban J connectivity index is 1.50. The maximum Gasteiger partial charge on any atom is 0.258 e. The fourth-order valence-electron chi connectivity index (χ4n) is 3.48. The molecule has 8 heteroatoms. The fraction of sp³-hybridized carbons (Fsp3) is 0.0833. The molecule has 0 atom stereocenters. The van der Waals surface area contributed by atoms with E-state index < -0.39 is 0 Å². The standard InChI is InChI=1S/C24H18FN5OS/c25-19-12-6-4-10-17(19)22-28-29-24(30(22)14-16-8-2-1-3-9-16)32-15-21-26-20-13-7-5-11-18(20)23(31)27-21/h1-13H,14-15H2,(H,26,27,31). The van der Waals surface area contributed by atoms with E-state index >= 15 is 0 Å². The summed E-state index contributed by atoms with van der Waals surface area (Å²) in [6.45, 7) is 0.488. The maximum absolute atomic E-state index is 14.5. The number of aromatic amines is 1. The monoisotopic (exact) mass is 443 g/mol. The van der Waals surface area contributed by atoms with Crippen molar-refractivity contribution in [3.05, 3.63) is 106 Å². The first-order valence-corrected chi connectivity index (χ1v) is 11.0. The van der Waals surface area contributed by atoms with E-state index in [2.05, 4.69) is 20.2 Å². The van der Waals surface area contributed by atoms with Gasteiger partial charge in [0.15, 0.2) is 11.0 Å². The number of rotatable bonds is 6. The van der Waals surface area contributed by atoms with Crippen LogP contribution in [-0.2, 0) is 12.3 Å². The van der Waals surface area contributed by atoms with E-state index in [1.165, 1.54) is 17.8 Å². The van der Waals surface area contributed by atoms with E-state index in [0.29, 0.717) is 45.6 Å². The van der Waals surface area contributed by atoms with E-state index in [-0.39, 0.29) is 11.4 Å². The molecule has 5 aromatic rings. The molecule has 0 amide bonds. The highest BCUT2D eigenvalue weighted by Crippen LogP contribution is 2.28. The molecular formula is C24H18FN5OS. The Morgan fingerprint density at radius 3 is 2.50 bits per heavy atom. The molecule has 5 rings (SSSR count). The summed E-state index contributed by atoms with van der Waals surface area (Å²) in [5, 5.41) is 9.77. The van der Waals surface area contributed by atoms with Gasteiger partial charge < -0.3 is 4.98 Å². The summed E-state index contributed by atoms with van der Waals surface area (Å²) in [5.74, 6) is 1.03. The molecule has 0 aliphatic heterocycles. The number of benzene rings is 3. The Kier molecular flexibility index (Phi) is 5.51. The van der Waals surface area contributed by atoms with Crippen molar-refractivity contribution in [2.24, 2.45) is 0 Å². The number of nitrogens with one attached hydrogen (secondary N) is 1. The number of hydrogen-bond donors (Lipinski definition) is 1. The van der Waals surface area contributed by atoms with Crippen molar-refractivity contribution in [2.45, 2.75) is 17.5 Å². The summed E-state index contributed by atoms with van der Waals surface area (Å²) in [5.41, 5.74) is 1.90. The quantitative estimate of drug-likeness (QED) is 0.386. The van der Waals surface area contributed by atoms with Crippen LogP contribution in [0.1, 0.15) is 11.4 Å². The van der Waals surface area contributed by atoms with Crippen LogP contribution < -0.4 is 5.56 Å². The zero-order valence-electron chi connectivity index (χ0n) is 16.9. The SMILES string of the molecule is O=c1[nH]c(CSc2nnc(-c3ccccc3F)n2Cc2ccccc2)nc2ccccc12. The Morgan fingerprint density at radius 1 is 0.906 bits per heavy atom. The lowest BCUT2D eigenvalue weighted by Gasteiger charge is -2.11. The van der Waals surface area contributed by atoms with Gasteiger partial charge in [-0.2, -0.15) is 0 Å². The lowest BCUT2D eigenvalue weighted by atomic mass is 10.2. The van der Waals surface area contributed by atoms with E-state index in [0.717, 1.165) is 5.56 Å². The molecule has 0 radical (unpaired) electrons. The van der Waals surface area contributed by atoms with Gasteiger partial charge in [-0.15, -0.1) is 10.2 Å². The van der Waals surface area contributed by atoms with Gasteiger partial charge >= 0.3 is 0 Å². The van der Waals surface area contributed by atoms with Gasteiger partial charge in [0.1, 0.15) is 11.6 Å². The van der Waals surface area contributed by atoms with Crippen LogP contribution in [0.2, 0.25) is 0 Å². The second-order valence-corrected chi connectivity index (χ2v) is 8.12. The fourth-order valence-corrected chi connectivity index (χ4v) is 4.29. The minimum Gasteiger partial charge on any atom is -0.309 e. The van der Waals surface area contributed by atoms with Crippen LogP contribution in [0.5, 0.6) is 0 Å². The number of aromatic nitrogens is 5. The number of para-hydroxylation sites is 1. The summed E-state index contributed by atoms with van der Waals surface area (Å²) < 4.78 is 16.4. The molecule has 2 aromatic heterocycles. The molecule has 0 fully saturated rings. The third-order valence-corrected chi connectivity index (χ3v) is 5.99. The van der Waals surface area contributed by atoms with Crippen LogP contribution >= 0.6 is 11.8 Å². The normalized spacial score (nSPS) is 11.2. The van der Waals surface area contributed by atoms with Gasteiger partial charge in [-0.25, -0.2) is 9.37 Å². The maximum atomic E-state index is 14.5. The van der Waals surface area contributed by atoms with Crippen LogP contribution in [0.25, 0.3) is 22.3 Å². The molecule has 6 nitrogen and oxygen atoms in total. The topological polar surface area (TPSA) is 76.5 Å². The number of halogens is 1. The summed E-state index contributed by atoms with van der Waals surface area (Å²) in [6.07, 6.45) is 0. The minimum absolute atomic E-state index is 0.177. The highest BCUT2D eigenvalue weighted by molar-refractivity contribution is 7.98. The first kappa shape index (κ1) is 20.1. The van der Waals surface area contributed by atoms with Gasteiger partial charge in [0.05, 0.1) is 28.8 Å². The highest BCUT2D eigenvalue weighted by atomic mass is 32.2.